The van der Waals surface area contributed by atoms with E-state index in [1.165, 1.54) is 24.3 Å². The third-order valence-corrected chi connectivity index (χ3v) is 2.65. The zero-order chi connectivity index (χ0) is 13.9. The van der Waals surface area contributed by atoms with Crippen molar-refractivity contribution in [1.82, 2.24) is 0 Å². The van der Waals surface area contributed by atoms with Crippen LogP contribution in [-0.4, -0.2) is 5.11 Å². The van der Waals surface area contributed by atoms with Crippen LogP contribution in [0.4, 0.5) is 18.9 Å². The highest BCUT2D eigenvalue weighted by Crippen LogP contribution is 2.29. The first-order chi connectivity index (χ1) is 8.95. The van der Waals surface area contributed by atoms with Crippen LogP contribution < -0.4 is 5.32 Å². The lowest BCUT2D eigenvalue weighted by atomic mass is 10.1. The van der Waals surface area contributed by atoms with Crippen LogP contribution in [0.15, 0.2) is 48.5 Å². The van der Waals surface area contributed by atoms with Gasteiger partial charge in [0.15, 0.2) is 0 Å². The largest absolute Gasteiger partial charge is 0.508 e. The number of phenols is 1. The van der Waals surface area contributed by atoms with Gasteiger partial charge >= 0.3 is 6.18 Å². The molecule has 100 valence electrons. The second kappa shape index (κ2) is 5.22. The fourth-order valence-corrected chi connectivity index (χ4v) is 1.59. The van der Waals surface area contributed by atoms with E-state index in [9.17, 15) is 13.2 Å². The van der Waals surface area contributed by atoms with Gasteiger partial charge < -0.3 is 10.4 Å². The normalized spacial score (nSPS) is 11.3. The first-order valence-electron chi connectivity index (χ1n) is 5.64. The maximum Gasteiger partial charge on any atom is 0.416 e. The van der Waals surface area contributed by atoms with Crippen LogP contribution in [0.1, 0.15) is 11.1 Å². The summed E-state index contributed by atoms with van der Waals surface area (Å²) in [6.07, 6.45) is -4.30. The maximum atomic E-state index is 12.4. The molecule has 2 N–H and O–H groups in total. The molecule has 5 heteroatoms. The smallest absolute Gasteiger partial charge is 0.416 e. The Morgan fingerprint density at radius 1 is 0.895 bits per heavy atom. The van der Waals surface area contributed by atoms with Crippen molar-refractivity contribution in [3.05, 3.63) is 59.7 Å². The zero-order valence-corrected chi connectivity index (χ0v) is 9.91. The van der Waals surface area contributed by atoms with Crippen LogP contribution in [0.5, 0.6) is 5.75 Å². The second-order valence-corrected chi connectivity index (χ2v) is 4.10. The van der Waals surface area contributed by atoms with Crippen molar-refractivity contribution in [2.45, 2.75) is 12.7 Å². The van der Waals surface area contributed by atoms with Gasteiger partial charge in [-0.25, -0.2) is 0 Å². The molecule has 0 radical (unpaired) electrons. The summed E-state index contributed by atoms with van der Waals surface area (Å²) >= 11 is 0. The fourth-order valence-electron chi connectivity index (χ4n) is 1.59. The molecule has 0 saturated heterocycles. The first kappa shape index (κ1) is 13.3. The molecule has 0 aliphatic carbocycles. The summed E-state index contributed by atoms with van der Waals surface area (Å²) in [5, 5.41) is 12.2. The molecule has 0 saturated carbocycles. The van der Waals surface area contributed by atoms with E-state index in [-0.39, 0.29) is 5.75 Å². The number of phenolic OH excluding ortho intramolecular Hbond substituents is 1. The number of hydrogen-bond acceptors (Lipinski definition) is 2. The Kier molecular flexibility index (Phi) is 3.64. The Morgan fingerprint density at radius 2 is 1.47 bits per heavy atom. The van der Waals surface area contributed by atoms with Gasteiger partial charge in [-0.3, -0.25) is 0 Å². The molecular formula is C14H12F3NO. The van der Waals surface area contributed by atoms with Crippen molar-refractivity contribution in [2.24, 2.45) is 0 Å². The minimum Gasteiger partial charge on any atom is -0.508 e. The molecule has 2 aromatic carbocycles. The Bertz CT molecular complexity index is 532. The van der Waals surface area contributed by atoms with Crippen molar-refractivity contribution in [1.29, 1.82) is 0 Å². The van der Waals surface area contributed by atoms with Gasteiger partial charge in [-0.15, -0.1) is 0 Å². The van der Waals surface area contributed by atoms with Gasteiger partial charge in [0.05, 0.1) is 5.56 Å². The van der Waals surface area contributed by atoms with E-state index in [1.54, 1.807) is 12.1 Å². The topological polar surface area (TPSA) is 32.3 Å². The molecular weight excluding hydrogens is 255 g/mol. The number of aromatic hydroxyl groups is 1. The molecule has 0 aliphatic rings. The lowest BCUT2D eigenvalue weighted by molar-refractivity contribution is -0.137. The van der Waals surface area contributed by atoms with Crippen LogP contribution >= 0.6 is 0 Å². The van der Waals surface area contributed by atoms with Gasteiger partial charge in [0.1, 0.15) is 5.75 Å². The van der Waals surface area contributed by atoms with Crippen LogP contribution in [0, 0.1) is 0 Å². The van der Waals surface area contributed by atoms with Gasteiger partial charge in [0, 0.05) is 12.2 Å². The highest BCUT2D eigenvalue weighted by Gasteiger charge is 2.29. The van der Waals surface area contributed by atoms with Crippen molar-refractivity contribution in [3.8, 4) is 5.75 Å². The van der Waals surface area contributed by atoms with E-state index in [1.807, 2.05) is 0 Å². The summed E-state index contributed by atoms with van der Waals surface area (Å²) in [5.74, 6) is 0.167. The first-order valence-corrected chi connectivity index (χ1v) is 5.64. The Balaban J connectivity index is 1.98. The summed E-state index contributed by atoms with van der Waals surface area (Å²) < 4.78 is 37.1. The van der Waals surface area contributed by atoms with Crippen molar-refractivity contribution in [3.63, 3.8) is 0 Å². The van der Waals surface area contributed by atoms with E-state index < -0.39 is 11.7 Å². The molecule has 0 atom stereocenters. The molecule has 2 nitrogen and oxygen atoms in total. The summed E-state index contributed by atoms with van der Waals surface area (Å²) in [4.78, 5) is 0. The van der Waals surface area contributed by atoms with Crippen LogP contribution in [0.3, 0.4) is 0 Å². The average molecular weight is 267 g/mol. The van der Waals surface area contributed by atoms with Crippen molar-refractivity contribution >= 4 is 5.69 Å². The summed E-state index contributed by atoms with van der Waals surface area (Å²) in [5.41, 5.74) is 0.889. The average Bonchev–Trinajstić information content (AvgIpc) is 2.37. The molecule has 0 heterocycles. The van der Waals surface area contributed by atoms with Crippen LogP contribution in [0.25, 0.3) is 0 Å². The molecule has 0 spiro atoms. The molecule has 0 fully saturated rings. The van der Waals surface area contributed by atoms with E-state index in [0.717, 1.165) is 23.4 Å². The standard InChI is InChI=1S/C14H12F3NO/c15-14(16,17)11-3-1-10(2-4-11)9-18-12-5-7-13(19)8-6-12/h1-8,18-19H,9H2. The number of halogens is 3. The van der Waals surface area contributed by atoms with Crippen molar-refractivity contribution in [2.75, 3.05) is 5.32 Å². The van der Waals surface area contributed by atoms with Crippen LogP contribution in [0.2, 0.25) is 0 Å². The zero-order valence-electron chi connectivity index (χ0n) is 9.91. The predicted octanol–water partition coefficient (Wildman–Crippen LogP) is 4.02. The number of hydrogen-bond donors (Lipinski definition) is 2. The molecule has 0 bridgehead atoms. The van der Waals surface area contributed by atoms with Gasteiger partial charge in [-0.2, -0.15) is 13.2 Å². The SMILES string of the molecule is Oc1ccc(NCc2ccc(C(F)(F)F)cc2)cc1. The minimum absolute atomic E-state index is 0.167. The van der Waals surface area contributed by atoms with Gasteiger partial charge in [0.2, 0.25) is 0 Å². The highest BCUT2D eigenvalue weighted by atomic mass is 19.4. The summed E-state index contributed by atoms with van der Waals surface area (Å²) in [6, 6.07) is 11.5. The summed E-state index contributed by atoms with van der Waals surface area (Å²) in [6.45, 7) is 0.420. The molecule has 2 aromatic rings. The Hall–Kier alpha value is -2.17. The number of nitrogens with one attached hydrogen (secondary N) is 1. The Labute approximate surface area is 108 Å². The lowest BCUT2D eigenvalue weighted by Gasteiger charge is -2.09. The second-order valence-electron chi connectivity index (χ2n) is 4.10. The number of rotatable bonds is 3. The maximum absolute atomic E-state index is 12.4. The molecule has 0 unspecified atom stereocenters. The molecule has 19 heavy (non-hydrogen) atoms. The minimum atomic E-state index is -4.30. The summed E-state index contributed by atoms with van der Waals surface area (Å²) in [7, 11) is 0. The molecule has 2 rings (SSSR count). The molecule has 0 amide bonds. The fraction of sp³-hybridized carbons (Fsp3) is 0.143. The van der Waals surface area contributed by atoms with Crippen molar-refractivity contribution < 1.29 is 18.3 Å². The van der Waals surface area contributed by atoms with E-state index >= 15 is 0 Å². The monoisotopic (exact) mass is 267 g/mol. The predicted molar refractivity (Wildman–Crippen MR) is 66.9 cm³/mol. The van der Waals surface area contributed by atoms with Gasteiger partial charge in [-0.1, -0.05) is 12.1 Å². The number of alkyl halides is 3. The number of anilines is 1. The quantitative estimate of drug-likeness (QED) is 0.823. The number of benzene rings is 2. The van der Waals surface area contributed by atoms with Gasteiger partial charge in [-0.05, 0) is 42.0 Å². The lowest BCUT2D eigenvalue weighted by Crippen LogP contribution is -2.05. The van der Waals surface area contributed by atoms with E-state index in [2.05, 4.69) is 5.32 Å². The van der Waals surface area contributed by atoms with E-state index in [4.69, 9.17) is 5.11 Å². The van der Waals surface area contributed by atoms with E-state index in [0.29, 0.717) is 6.54 Å². The third-order valence-electron chi connectivity index (χ3n) is 2.65. The van der Waals surface area contributed by atoms with Crippen LogP contribution in [-0.2, 0) is 12.7 Å². The van der Waals surface area contributed by atoms with Gasteiger partial charge in [0.25, 0.3) is 0 Å². The Morgan fingerprint density at radius 3 is 2.00 bits per heavy atom. The third kappa shape index (κ3) is 3.64. The highest BCUT2D eigenvalue weighted by molar-refractivity contribution is 5.46. The molecule has 0 aromatic heterocycles. The molecule has 0 aliphatic heterocycles.